The van der Waals surface area contributed by atoms with Crippen LogP contribution in [0.4, 0.5) is 10.1 Å². The fraction of sp³-hybridized carbons (Fsp3) is 0.517. The third-order valence-corrected chi connectivity index (χ3v) is 7.20. The number of halogens is 2. The number of imidazole rings is 1. The lowest BCUT2D eigenvalue weighted by Gasteiger charge is -2.33. The first kappa shape index (κ1) is 28.0. The van der Waals surface area contributed by atoms with Crippen LogP contribution in [0.25, 0.3) is 22.4 Å². The number of amides is 1. The molecule has 1 aromatic heterocycles. The maximum absolute atomic E-state index is 13.6. The van der Waals surface area contributed by atoms with Crippen LogP contribution < -0.4 is 10.2 Å². The summed E-state index contributed by atoms with van der Waals surface area (Å²) in [5, 5.41) is 3.74. The Bertz CT molecular complexity index is 1120. The maximum Gasteiger partial charge on any atom is 0.223 e. The van der Waals surface area contributed by atoms with E-state index >= 15 is 0 Å². The van der Waals surface area contributed by atoms with Crippen LogP contribution in [0.5, 0.6) is 0 Å². The molecule has 2 N–H and O–H groups in total. The van der Waals surface area contributed by atoms with Gasteiger partial charge in [0, 0.05) is 36.8 Å². The van der Waals surface area contributed by atoms with Gasteiger partial charge in [0.1, 0.15) is 11.6 Å². The lowest BCUT2D eigenvalue weighted by molar-refractivity contribution is -0.125. The molecule has 0 aliphatic carbocycles. The van der Waals surface area contributed by atoms with Crippen molar-refractivity contribution >= 4 is 34.2 Å². The molecular formula is C29H40ClFN4O. The van der Waals surface area contributed by atoms with Crippen molar-refractivity contribution in [1.29, 1.82) is 0 Å². The molecule has 2 heterocycles. The highest BCUT2D eigenvalue weighted by molar-refractivity contribution is 6.33. The average molecular weight is 515 g/mol. The first-order chi connectivity index (χ1) is 17.4. The normalized spacial score (nSPS) is 14.9. The highest BCUT2D eigenvalue weighted by atomic mass is 35.5. The summed E-state index contributed by atoms with van der Waals surface area (Å²) in [4.78, 5) is 22.7. The number of aromatic nitrogens is 2. The molecule has 0 bridgehead atoms. The molecule has 1 aliphatic heterocycles. The Balaban J connectivity index is 0.00000176. The summed E-state index contributed by atoms with van der Waals surface area (Å²) in [6.07, 6.45) is 6.43. The Labute approximate surface area is 219 Å². The van der Waals surface area contributed by atoms with Crippen molar-refractivity contribution in [2.75, 3.05) is 24.5 Å². The number of fused-ring (bicyclic) bond motifs is 1. The van der Waals surface area contributed by atoms with Crippen LogP contribution in [0, 0.1) is 17.7 Å². The van der Waals surface area contributed by atoms with Gasteiger partial charge in [-0.3, -0.25) is 4.79 Å². The van der Waals surface area contributed by atoms with Crippen molar-refractivity contribution in [3.8, 4) is 11.4 Å². The highest BCUT2D eigenvalue weighted by Gasteiger charge is 2.25. The van der Waals surface area contributed by atoms with E-state index in [-0.39, 0.29) is 17.6 Å². The van der Waals surface area contributed by atoms with Crippen molar-refractivity contribution in [2.24, 2.45) is 11.8 Å². The SMILES string of the molecule is CC.CCCCC(C)CCNC(=O)C1CCN(c2ccc(Cl)c(-c3nc4ccc(F)cc4[nH]3)c2)CC1. The summed E-state index contributed by atoms with van der Waals surface area (Å²) in [7, 11) is 0. The number of unbranched alkanes of at least 4 members (excludes halogenated alkanes) is 1. The summed E-state index contributed by atoms with van der Waals surface area (Å²) < 4.78 is 13.6. The molecule has 2 aromatic carbocycles. The van der Waals surface area contributed by atoms with Crippen LogP contribution >= 0.6 is 11.6 Å². The van der Waals surface area contributed by atoms with E-state index in [0.29, 0.717) is 27.8 Å². The molecule has 1 unspecified atom stereocenters. The second-order valence-corrected chi connectivity index (χ2v) is 9.91. The Kier molecular flexibility index (Phi) is 10.6. The molecule has 1 aliphatic rings. The van der Waals surface area contributed by atoms with Crippen molar-refractivity contribution in [3.05, 3.63) is 47.2 Å². The van der Waals surface area contributed by atoms with E-state index in [1.807, 2.05) is 32.0 Å². The minimum atomic E-state index is -0.305. The predicted molar refractivity (Wildman–Crippen MR) is 149 cm³/mol. The summed E-state index contributed by atoms with van der Waals surface area (Å²) in [6, 6.07) is 10.4. The number of aromatic amines is 1. The first-order valence-corrected chi connectivity index (χ1v) is 13.8. The van der Waals surface area contributed by atoms with Gasteiger partial charge in [-0.25, -0.2) is 9.37 Å². The number of rotatable bonds is 9. The molecule has 1 atom stereocenters. The number of hydrogen-bond acceptors (Lipinski definition) is 3. The topological polar surface area (TPSA) is 61.0 Å². The molecular weight excluding hydrogens is 475 g/mol. The average Bonchev–Trinajstić information content (AvgIpc) is 3.32. The van der Waals surface area contributed by atoms with E-state index in [9.17, 15) is 9.18 Å². The summed E-state index contributed by atoms with van der Waals surface area (Å²) in [6.45, 7) is 10.9. The molecule has 1 amide bonds. The Morgan fingerprint density at radius 3 is 2.67 bits per heavy atom. The summed E-state index contributed by atoms with van der Waals surface area (Å²) in [5.74, 6) is 1.23. The predicted octanol–water partition coefficient (Wildman–Crippen LogP) is 7.60. The number of piperidine rings is 1. The van der Waals surface area contributed by atoms with Gasteiger partial charge >= 0.3 is 0 Å². The molecule has 196 valence electrons. The zero-order chi connectivity index (χ0) is 26.1. The van der Waals surface area contributed by atoms with Crippen molar-refractivity contribution in [1.82, 2.24) is 15.3 Å². The molecule has 0 saturated carbocycles. The van der Waals surface area contributed by atoms with Crippen molar-refractivity contribution in [3.63, 3.8) is 0 Å². The lowest BCUT2D eigenvalue weighted by atomic mass is 9.95. The van der Waals surface area contributed by atoms with Gasteiger partial charge in [-0.05, 0) is 61.6 Å². The number of nitrogens with one attached hydrogen (secondary N) is 2. The third kappa shape index (κ3) is 7.22. The number of anilines is 1. The number of benzene rings is 2. The van der Waals surface area contributed by atoms with E-state index in [2.05, 4.69) is 34.0 Å². The van der Waals surface area contributed by atoms with E-state index < -0.39 is 0 Å². The largest absolute Gasteiger partial charge is 0.371 e. The molecule has 5 nitrogen and oxygen atoms in total. The van der Waals surface area contributed by atoms with Gasteiger partial charge in [0.25, 0.3) is 0 Å². The van der Waals surface area contributed by atoms with Crippen LogP contribution in [-0.4, -0.2) is 35.5 Å². The second kappa shape index (κ2) is 13.6. The zero-order valence-corrected chi connectivity index (χ0v) is 22.8. The number of H-pyrrole nitrogens is 1. The molecule has 1 fully saturated rings. The number of carbonyl (C=O) groups excluding carboxylic acids is 1. The van der Waals surface area contributed by atoms with Crippen LogP contribution in [0.2, 0.25) is 5.02 Å². The molecule has 36 heavy (non-hydrogen) atoms. The molecule has 0 radical (unpaired) electrons. The van der Waals surface area contributed by atoms with Gasteiger partial charge in [-0.2, -0.15) is 0 Å². The van der Waals surface area contributed by atoms with Crippen LogP contribution in [0.3, 0.4) is 0 Å². The van der Waals surface area contributed by atoms with E-state index in [0.717, 1.165) is 50.1 Å². The summed E-state index contributed by atoms with van der Waals surface area (Å²) in [5.41, 5.74) is 3.18. The first-order valence-electron chi connectivity index (χ1n) is 13.4. The van der Waals surface area contributed by atoms with Crippen LogP contribution in [0.15, 0.2) is 36.4 Å². The fourth-order valence-corrected chi connectivity index (χ4v) is 4.89. The van der Waals surface area contributed by atoms with Gasteiger partial charge in [0.05, 0.1) is 16.1 Å². The fourth-order valence-electron chi connectivity index (χ4n) is 4.68. The zero-order valence-electron chi connectivity index (χ0n) is 22.0. The van der Waals surface area contributed by atoms with E-state index in [4.69, 9.17) is 11.6 Å². The minimum absolute atomic E-state index is 0.0687. The van der Waals surface area contributed by atoms with Crippen LogP contribution in [0.1, 0.15) is 66.2 Å². The Morgan fingerprint density at radius 2 is 1.94 bits per heavy atom. The lowest BCUT2D eigenvalue weighted by Crippen LogP contribution is -2.41. The number of carbonyl (C=O) groups is 1. The van der Waals surface area contributed by atoms with Gasteiger partial charge in [0.15, 0.2) is 0 Å². The van der Waals surface area contributed by atoms with Gasteiger partial charge in [-0.15, -0.1) is 0 Å². The molecule has 4 rings (SSSR count). The third-order valence-electron chi connectivity index (χ3n) is 6.87. The Hall–Kier alpha value is -2.60. The molecule has 7 heteroatoms. The highest BCUT2D eigenvalue weighted by Crippen LogP contribution is 2.33. The van der Waals surface area contributed by atoms with Crippen LogP contribution in [-0.2, 0) is 4.79 Å². The van der Waals surface area contributed by atoms with Gasteiger partial charge < -0.3 is 15.2 Å². The monoisotopic (exact) mass is 514 g/mol. The molecule has 3 aromatic rings. The summed E-state index contributed by atoms with van der Waals surface area (Å²) >= 11 is 6.49. The van der Waals surface area contributed by atoms with E-state index in [1.54, 1.807) is 6.07 Å². The van der Waals surface area contributed by atoms with Crippen molar-refractivity contribution in [2.45, 2.75) is 66.2 Å². The van der Waals surface area contributed by atoms with Gasteiger partial charge in [-0.1, -0.05) is 58.6 Å². The van der Waals surface area contributed by atoms with E-state index in [1.165, 1.54) is 31.4 Å². The minimum Gasteiger partial charge on any atom is -0.371 e. The molecule has 0 spiro atoms. The van der Waals surface area contributed by atoms with Crippen molar-refractivity contribution < 1.29 is 9.18 Å². The quantitative estimate of drug-likeness (QED) is 0.309. The number of nitrogens with zero attached hydrogens (tertiary/aromatic N) is 2. The standard InChI is InChI=1S/C27H34ClFN4O.C2H6/c1-3-4-5-18(2)10-13-30-27(34)19-11-14-33(15-12-19)21-7-8-23(28)22(17-21)26-31-24-9-6-20(29)16-25(24)32-26;1-2/h6-9,16-19H,3-5,10-15H2,1-2H3,(H,30,34)(H,31,32);1-2H3. The van der Waals surface area contributed by atoms with Gasteiger partial charge in [0.2, 0.25) is 5.91 Å². The number of hydrogen-bond donors (Lipinski definition) is 2. The smallest absolute Gasteiger partial charge is 0.223 e. The maximum atomic E-state index is 13.6. The second-order valence-electron chi connectivity index (χ2n) is 9.50. The molecule has 1 saturated heterocycles. The Morgan fingerprint density at radius 1 is 1.19 bits per heavy atom.